The summed E-state index contributed by atoms with van der Waals surface area (Å²) in [6.45, 7) is 0.399. The van der Waals surface area contributed by atoms with Gasteiger partial charge in [0.25, 0.3) is 0 Å². The minimum absolute atomic E-state index is 0.0390. The van der Waals surface area contributed by atoms with Gasteiger partial charge in [-0.15, -0.1) is 0 Å². The average Bonchev–Trinajstić information content (AvgIpc) is 3.41. The van der Waals surface area contributed by atoms with Crippen molar-refractivity contribution in [3.8, 4) is 23.1 Å². The summed E-state index contributed by atoms with van der Waals surface area (Å²) < 4.78 is 17.7. The molecule has 0 fully saturated rings. The Labute approximate surface area is 166 Å². The van der Waals surface area contributed by atoms with Gasteiger partial charge >= 0.3 is 0 Å². The van der Waals surface area contributed by atoms with Gasteiger partial charge in [-0.1, -0.05) is 0 Å². The number of benzene rings is 1. The third kappa shape index (κ3) is 3.83. The number of ether oxygens (including phenoxy) is 2. The Bertz CT molecular complexity index is 1110. The molecule has 10 nitrogen and oxygen atoms in total. The SMILES string of the molecule is COc1ccc(CNc2nc(-c3ncco3)cn3nc(CCO)nc23)c(OC)c1. The molecule has 10 heteroatoms. The second-order valence-corrected chi connectivity index (χ2v) is 6.11. The van der Waals surface area contributed by atoms with Gasteiger partial charge in [-0.2, -0.15) is 5.10 Å². The van der Waals surface area contributed by atoms with Crippen LogP contribution in [-0.2, 0) is 13.0 Å². The van der Waals surface area contributed by atoms with Gasteiger partial charge in [0.15, 0.2) is 17.3 Å². The van der Waals surface area contributed by atoms with E-state index in [1.165, 1.54) is 6.26 Å². The van der Waals surface area contributed by atoms with Gasteiger partial charge in [-0.05, 0) is 12.1 Å². The average molecular weight is 396 g/mol. The summed E-state index contributed by atoms with van der Waals surface area (Å²) in [5.74, 6) is 2.80. The van der Waals surface area contributed by atoms with Gasteiger partial charge in [0.05, 0.1) is 33.2 Å². The van der Waals surface area contributed by atoms with Crippen molar-refractivity contribution in [1.82, 2.24) is 24.6 Å². The third-order valence-electron chi connectivity index (χ3n) is 4.29. The highest BCUT2D eigenvalue weighted by Gasteiger charge is 2.15. The summed E-state index contributed by atoms with van der Waals surface area (Å²) in [5, 5.41) is 16.9. The number of aromatic nitrogens is 5. The zero-order valence-corrected chi connectivity index (χ0v) is 16.0. The highest BCUT2D eigenvalue weighted by Crippen LogP contribution is 2.26. The van der Waals surface area contributed by atoms with Crippen LogP contribution in [0, 0.1) is 0 Å². The Morgan fingerprint density at radius 1 is 1.21 bits per heavy atom. The van der Waals surface area contributed by atoms with Crippen LogP contribution in [0.5, 0.6) is 11.5 Å². The van der Waals surface area contributed by atoms with Gasteiger partial charge < -0.3 is 24.3 Å². The number of hydrogen-bond donors (Lipinski definition) is 2. The van der Waals surface area contributed by atoms with Crippen molar-refractivity contribution in [2.45, 2.75) is 13.0 Å². The van der Waals surface area contributed by atoms with E-state index in [4.69, 9.17) is 13.9 Å². The highest BCUT2D eigenvalue weighted by molar-refractivity contribution is 5.66. The quantitative estimate of drug-likeness (QED) is 0.460. The number of anilines is 1. The minimum Gasteiger partial charge on any atom is -0.497 e. The molecule has 3 aromatic heterocycles. The molecule has 2 N–H and O–H groups in total. The second-order valence-electron chi connectivity index (χ2n) is 6.11. The Hall–Kier alpha value is -3.66. The van der Waals surface area contributed by atoms with Gasteiger partial charge in [0.2, 0.25) is 5.89 Å². The molecule has 0 aliphatic heterocycles. The molecule has 29 heavy (non-hydrogen) atoms. The fourth-order valence-corrected chi connectivity index (χ4v) is 2.89. The minimum atomic E-state index is -0.0390. The monoisotopic (exact) mass is 396 g/mol. The number of methoxy groups -OCH3 is 2. The number of aliphatic hydroxyl groups is 1. The molecule has 0 aliphatic rings. The molecule has 150 valence electrons. The molecule has 0 spiro atoms. The summed E-state index contributed by atoms with van der Waals surface area (Å²) in [5.41, 5.74) is 1.97. The largest absolute Gasteiger partial charge is 0.497 e. The molecule has 0 unspecified atom stereocenters. The van der Waals surface area contributed by atoms with Crippen molar-refractivity contribution in [1.29, 1.82) is 0 Å². The van der Waals surface area contributed by atoms with E-state index < -0.39 is 0 Å². The number of fused-ring (bicyclic) bond motifs is 1. The van der Waals surface area contributed by atoms with Crippen LogP contribution in [0.2, 0.25) is 0 Å². The zero-order chi connectivity index (χ0) is 20.2. The zero-order valence-electron chi connectivity index (χ0n) is 16.0. The van der Waals surface area contributed by atoms with Crippen molar-refractivity contribution in [2.24, 2.45) is 0 Å². The molecule has 0 amide bonds. The van der Waals surface area contributed by atoms with Crippen molar-refractivity contribution < 1.29 is 19.0 Å². The number of aliphatic hydroxyl groups excluding tert-OH is 1. The highest BCUT2D eigenvalue weighted by atomic mass is 16.5. The molecule has 0 radical (unpaired) electrons. The van der Waals surface area contributed by atoms with E-state index in [1.54, 1.807) is 31.1 Å². The molecule has 0 saturated heterocycles. The standard InChI is InChI=1S/C19H20N6O4/c1-27-13-4-3-12(15(9-13)28-2)10-21-17-18-23-16(5-7-26)24-25(18)11-14(22-17)19-20-6-8-29-19/h3-4,6,8-9,11,26H,5,7,10H2,1-2H3,(H,21,22). The van der Waals surface area contributed by atoms with E-state index in [0.717, 1.165) is 5.56 Å². The summed E-state index contributed by atoms with van der Waals surface area (Å²) >= 11 is 0. The van der Waals surface area contributed by atoms with Crippen molar-refractivity contribution >= 4 is 11.5 Å². The maximum atomic E-state index is 9.20. The van der Waals surface area contributed by atoms with Crippen LogP contribution >= 0.6 is 0 Å². The molecule has 4 rings (SSSR count). The third-order valence-corrected chi connectivity index (χ3v) is 4.29. The van der Waals surface area contributed by atoms with Gasteiger partial charge in [0, 0.05) is 24.6 Å². The Kier molecular flexibility index (Phi) is 5.25. The van der Waals surface area contributed by atoms with Crippen molar-refractivity contribution in [3.63, 3.8) is 0 Å². The summed E-state index contributed by atoms with van der Waals surface area (Å²) in [6, 6.07) is 5.60. The topological polar surface area (TPSA) is 120 Å². The summed E-state index contributed by atoms with van der Waals surface area (Å²) in [7, 11) is 3.22. The van der Waals surface area contributed by atoms with Crippen molar-refractivity contribution in [3.05, 3.63) is 48.2 Å². The number of rotatable bonds is 8. The molecular formula is C19H20N6O4. The summed E-state index contributed by atoms with van der Waals surface area (Å²) in [4.78, 5) is 13.2. The number of nitrogens with zero attached hydrogens (tertiary/aromatic N) is 5. The van der Waals surface area contributed by atoms with Gasteiger partial charge in [0.1, 0.15) is 23.5 Å². The number of oxazole rings is 1. The van der Waals surface area contributed by atoms with Gasteiger partial charge in [-0.3, -0.25) is 0 Å². The fourth-order valence-electron chi connectivity index (χ4n) is 2.89. The normalized spacial score (nSPS) is 11.0. The number of hydrogen-bond acceptors (Lipinski definition) is 9. The van der Waals surface area contributed by atoms with Crippen LogP contribution in [0.3, 0.4) is 0 Å². The molecule has 0 aliphatic carbocycles. The number of nitrogens with one attached hydrogen (secondary N) is 1. The Morgan fingerprint density at radius 2 is 2.10 bits per heavy atom. The molecule has 0 bridgehead atoms. The van der Waals surface area contributed by atoms with E-state index in [0.29, 0.717) is 53.3 Å². The van der Waals surface area contributed by atoms with E-state index in [2.05, 4.69) is 25.4 Å². The fraction of sp³-hybridized carbons (Fsp3) is 0.263. The smallest absolute Gasteiger partial charge is 0.246 e. The first-order valence-corrected chi connectivity index (χ1v) is 8.93. The van der Waals surface area contributed by atoms with Crippen LogP contribution in [0.4, 0.5) is 5.82 Å². The second kappa shape index (κ2) is 8.15. The maximum absolute atomic E-state index is 9.20. The van der Waals surface area contributed by atoms with Crippen LogP contribution in [0.25, 0.3) is 17.2 Å². The van der Waals surface area contributed by atoms with Crippen LogP contribution in [0.15, 0.2) is 41.3 Å². The first kappa shape index (κ1) is 18.7. The predicted molar refractivity (Wildman–Crippen MR) is 104 cm³/mol. The van der Waals surface area contributed by atoms with E-state index >= 15 is 0 Å². The molecule has 1 aromatic carbocycles. The first-order chi connectivity index (χ1) is 14.2. The van der Waals surface area contributed by atoms with Crippen molar-refractivity contribution in [2.75, 3.05) is 26.1 Å². The molecule has 4 aromatic rings. The summed E-state index contributed by atoms with van der Waals surface area (Å²) in [6.07, 6.45) is 5.07. The van der Waals surface area contributed by atoms with E-state index in [9.17, 15) is 5.11 Å². The van der Waals surface area contributed by atoms with Crippen LogP contribution in [-0.4, -0.2) is 50.5 Å². The predicted octanol–water partition coefficient (Wildman–Crippen LogP) is 1.94. The lowest BCUT2D eigenvalue weighted by molar-refractivity contribution is 0.296. The Balaban J connectivity index is 1.70. The lowest BCUT2D eigenvalue weighted by Crippen LogP contribution is -2.07. The first-order valence-electron chi connectivity index (χ1n) is 8.93. The Morgan fingerprint density at radius 3 is 2.83 bits per heavy atom. The molecule has 0 atom stereocenters. The van der Waals surface area contributed by atoms with Crippen LogP contribution in [0.1, 0.15) is 11.4 Å². The van der Waals surface area contributed by atoms with Gasteiger partial charge in [-0.25, -0.2) is 19.5 Å². The molecular weight excluding hydrogens is 376 g/mol. The molecule has 0 saturated carbocycles. The van der Waals surface area contributed by atoms with Crippen LogP contribution < -0.4 is 14.8 Å². The van der Waals surface area contributed by atoms with E-state index in [-0.39, 0.29) is 6.61 Å². The maximum Gasteiger partial charge on any atom is 0.246 e. The van der Waals surface area contributed by atoms with E-state index in [1.807, 2.05) is 18.2 Å². The lowest BCUT2D eigenvalue weighted by atomic mass is 10.2. The molecule has 3 heterocycles. The lowest BCUT2D eigenvalue weighted by Gasteiger charge is -2.12.